The zero-order valence-electron chi connectivity index (χ0n) is 48.7. The minimum Gasteiger partial charge on any atom is -0.311 e. The van der Waals surface area contributed by atoms with Crippen LogP contribution < -0.4 is 31.1 Å². The van der Waals surface area contributed by atoms with Gasteiger partial charge >= 0.3 is 0 Å². The van der Waals surface area contributed by atoms with Gasteiger partial charge < -0.3 is 14.7 Å². The van der Waals surface area contributed by atoms with Crippen LogP contribution in [0.25, 0.3) is 22.3 Å². The Morgan fingerprint density at radius 2 is 0.823 bits per heavy atom. The Labute approximate surface area is 472 Å². The molecule has 0 saturated heterocycles. The number of nitrogens with zero attached hydrogens (tertiary/aromatic N) is 3. The minimum absolute atomic E-state index is 0.00673. The van der Waals surface area contributed by atoms with Gasteiger partial charge in [-0.05, 0) is 193 Å². The van der Waals surface area contributed by atoms with Crippen LogP contribution in [-0.4, -0.2) is 6.71 Å². The molecule has 9 aromatic rings. The number of hydrogen-bond acceptors (Lipinski definition) is 3. The lowest BCUT2D eigenvalue weighted by atomic mass is 9.33. The van der Waals surface area contributed by atoms with Gasteiger partial charge in [0.25, 0.3) is 6.71 Å². The van der Waals surface area contributed by atoms with Gasteiger partial charge in [-0.25, -0.2) is 0 Å². The molecule has 0 saturated carbocycles. The van der Waals surface area contributed by atoms with Crippen molar-refractivity contribution in [3.05, 3.63) is 228 Å². The number of para-hydroxylation sites is 2. The molecule has 4 heteroatoms. The molecule has 3 nitrogen and oxygen atoms in total. The standard InChI is InChI=1S/C75H76BN3/c1-49-41-58-60(74(9,10)39-37-72(58,5)6)47-66(49)79-65-35-33-52(50-25-17-13-18-26-50)42-62(65)76-63-46-59-61(75(11,12)40-38-73(59,7)8)48-67(63)78(64-36-34-53(71(2,3)4)43-57(64)51-27-19-14-20-28-51)68-44-56(45-69(79)70(68)76)77(54-29-21-15-22-30-54)55-31-23-16-24-32-55/h13-36,41-48H,37-40H2,1-12H3. The summed E-state index contributed by atoms with van der Waals surface area (Å²) in [6.45, 7) is 29.1. The van der Waals surface area contributed by atoms with E-state index in [2.05, 4.69) is 292 Å². The van der Waals surface area contributed by atoms with Crippen LogP contribution in [0, 0.1) is 6.92 Å². The second kappa shape index (κ2) is 18.2. The lowest BCUT2D eigenvalue weighted by molar-refractivity contribution is 0.332. The average molecular weight is 1030 g/mol. The van der Waals surface area contributed by atoms with Crippen LogP contribution in [-0.2, 0) is 27.1 Å². The number of rotatable bonds is 7. The monoisotopic (exact) mass is 1030 g/mol. The Bertz CT molecular complexity index is 3810. The fraction of sp³-hybridized carbons (Fsp3) is 0.280. The Hall–Kier alpha value is -7.56. The number of fused-ring (bicyclic) bond motifs is 6. The second-order valence-corrected chi connectivity index (χ2v) is 27.2. The van der Waals surface area contributed by atoms with Gasteiger partial charge in [0, 0.05) is 45.4 Å². The van der Waals surface area contributed by atoms with E-state index in [1.54, 1.807) is 0 Å². The smallest absolute Gasteiger partial charge is 0.252 e. The van der Waals surface area contributed by atoms with Crippen LogP contribution in [0.3, 0.4) is 0 Å². The third-order valence-corrected chi connectivity index (χ3v) is 19.0. The highest BCUT2D eigenvalue weighted by Gasteiger charge is 2.48. The van der Waals surface area contributed by atoms with E-state index in [0.717, 1.165) is 36.3 Å². The molecule has 79 heavy (non-hydrogen) atoms. The minimum atomic E-state index is -0.0874. The molecule has 9 aromatic carbocycles. The van der Waals surface area contributed by atoms with Crippen molar-refractivity contribution in [3.63, 3.8) is 0 Å². The Morgan fingerprint density at radius 1 is 0.380 bits per heavy atom. The lowest BCUT2D eigenvalue weighted by Gasteiger charge is -2.48. The molecule has 0 aromatic heterocycles. The van der Waals surface area contributed by atoms with Gasteiger partial charge in [0.1, 0.15) is 0 Å². The second-order valence-electron chi connectivity index (χ2n) is 27.2. The van der Waals surface area contributed by atoms with Crippen molar-refractivity contribution in [1.82, 2.24) is 0 Å². The molecule has 0 amide bonds. The molecule has 0 atom stereocenters. The van der Waals surface area contributed by atoms with Crippen molar-refractivity contribution in [3.8, 4) is 22.3 Å². The highest BCUT2D eigenvalue weighted by molar-refractivity contribution is 7.00. The van der Waals surface area contributed by atoms with E-state index in [-0.39, 0.29) is 33.8 Å². The van der Waals surface area contributed by atoms with Gasteiger partial charge in [-0.1, -0.05) is 204 Å². The zero-order valence-corrected chi connectivity index (χ0v) is 48.7. The van der Waals surface area contributed by atoms with Crippen molar-refractivity contribution in [1.29, 1.82) is 0 Å². The van der Waals surface area contributed by atoms with Gasteiger partial charge in [0.2, 0.25) is 0 Å². The molecule has 2 heterocycles. The van der Waals surface area contributed by atoms with Crippen LogP contribution in [0.5, 0.6) is 0 Å². The third kappa shape index (κ3) is 8.38. The Balaban J connectivity index is 1.22. The van der Waals surface area contributed by atoms with Crippen molar-refractivity contribution in [2.75, 3.05) is 14.7 Å². The highest BCUT2D eigenvalue weighted by Crippen LogP contribution is 2.55. The zero-order chi connectivity index (χ0) is 55.0. The van der Waals surface area contributed by atoms with Gasteiger partial charge in [0.15, 0.2) is 0 Å². The topological polar surface area (TPSA) is 9.72 Å². The number of anilines is 9. The number of aryl methyl sites for hydroxylation is 1. The molecule has 0 N–H and O–H groups in total. The molecule has 0 bridgehead atoms. The number of hydrogen-bond donors (Lipinski definition) is 0. The summed E-state index contributed by atoms with van der Waals surface area (Å²) in [5, 5.41) is 0. The number of benzene rings is 9. The van der Waals surface area contributed by atoms with E-state index in [4.69, 9.17) is 0 Å². The quantitative estimate of drug-likeness (QED) is 0.147. The molecular weight excluding hydrogens is 954 g/mol. The van der Waals surface area contributed by atoms with Crippen molar-refractivity contribution < 1.29 is 0 Å². The van der Waals surface area contributed by atoms with Gasteiger partial charge in [0.05, 0.1) is 11.4 Å². The summed E-state index contributed by atoms with van der Waals surface area (Å²) in [7, 11) is 0. The molecule has 0 spiro atoms. The molecule has 394 valence electrons. The molecule has 0 fully saturated rings. The molecule has 2 aliphatic carbocycles. The fourth-order valence-corrected chi connectivity index (χ4v) is 14.1. The molecule has 0 radical (unpaired) electrons. The SMILES string of the molecule is Cc1cc2c(cc1N1c3ccc(-c4ccccc4)cc3B3c4cc5c(cc4N(c4ccc(C(C)(C)C)cc4-c4ccccc4)c4cc(N(c6ccccc6)c6ccccc6)cc1c43)C(C)(C)CCC5(C)C)C(C)(C)CCC2(C)C. The first-order chi connectivity index (χ1) is 37.7. The Kier molecular flexibility index (Phi) is 11.8. The first-order valence-corrected chi connectivity index (χ1v) is 29.1. The van der Waals surface area contributed by atoms with E-state index < -0.39 is 0 Å². The average Bonchev–Trinajstić information content (AvgIpc) is 2.37. The summed E-state index contributed by atoms with van der Waals surface area (Å²) in [6.07, 6.45) is 4.58. The van der Waals surface area contributed by atoms with E-state index >= 15 is 0 Å². The molecular formula is C75H76BN3. The van der Waals surface area contributed by atoms with E-state index in [1.165, 1.54) is 113 Å². The van der Waals surface area contributed by atoms with Gasteiger partial charge in [-0.3, -0.25) is 0 Å². The summed E-state index contributed by atoms with van der Waals surface area (Å²) < 4.78 is 0. The van der Waals surface area contributed by atoms with Gasteiger partial charge in [-0.15, -0.1) is 0 Å². The van der Waals surface area contributed by atoms with Crippen LogP contribution in [0.15, 0.2) is 194 Å². The lowest BCUT2D eigenvalue weighted by Crippen LogP contribution is -2.62. The highest BCUT2D eigenvalue weighted by atomic mass is 15.2. The summed E-state index contributed by atoms with van der Waals surface area (Å²) in [4.78, 5) is 7.89. The summed E-state index contributed by atoms with van der Waals surface area (Å²) in [5.41, 5.74) is 28.1. The third-order valence-electron chi connectivity index (χ3n) is 19.0. The normalized spacial score (nSPS) is 17.0. The van der Waals surface area contributed by atoms with Crippen LogP contribution in [0.2, 0.25) is 0 Å². The van der Waals surface area contributed by atoms with Crippen LogP contribution >= 0.6 is 0 Å². The summed E-state index contributed by atoms with van der Waals surface area (Å²) in [6, 6.07) is 74.6. The molecule has 4 aliphatic rings. The largest absolute Gasteiger partial charge is 0.311 e. The predicted octanol–water partition coefficient (Wildman–Crippen LogP) is 18.9. The van der Waals surface area contributed by atoms with Crippen LogP contribution in [0.1, 0.15) is 135 Å². The van der Waals surface area contributed by atoms with Gasteiger partial charge in [-0.2, -0.15) is 0 Å². The predicted molar refractivity (Wildman–Crippen MR) is 340 cm³/mol. The van der Waals surface area contributed by atoms with Crippen molar-refractivity contribution in [2.45, 2.75) is 136 Å². The first kappa shape index (κ1) is 50.9. The maximum Gasteiger partial charge on any atom is 0.252 e. The first-order valence-electron chi connectivity index (χ1n) is 29.1. The van der Waals surface area contributed by atoms with E-state index in [0.29, 0.717) is 0 Å². The fourth-order valence-electron chi connectivity index (χ4n) is 14.1. The maximum absolute atomic E-state index is 2.71. The molecule has 13 rings (SSSR count). The van der Waals surface area contributed by atoms with Crippen LogP contribution in [0.4, 0.5) is 51.2 Å². The van der Waals surface area contributed by atoms with E-state index in [9.17, 15) is 0 Å². The maximum atomic E-state index is 2.71. The Morgan fingerprint density at radius 3 is 1.35 bits per heavy atom. The van der Waals surface area contributed by atoms with Crippen molar-refractivity contribution in [2.24, 2.45) is 0 Å². The molecule has 2 aliphatic heterocycles. The van der Waals surface area contributed by atoms with Crippen molar-refractivity contribution >= 4 is 74.3 Å². The summed E-state index contributed by atoms with van der Waals surface area (Å²) >= 11 is 0. The summed E-state index contributed by atoms with van der Waals surface area (Å²) in [5.74, 6) is 0. The van der Waals surface area contributed by atoms with E-state index in [1.807, 2.05) is 0 Å². The molecule has 0 unspecified atom stereocenters.